The predicted octanol–water partition coefficient (Wildman–Crippen LogP) is 4.06. The van der Waals surface area contributed by atoms with Crippen LogP contribution in [0.25, 0.3) is 22.6 Å². The quantitative estimate of drug-likeness (QED) is 0.558. The van der Waals surface area contributed by atoms with E-state index < -0.39 is 0 Å². The van der Waals surface area contributed by atoms with Gasteiger partial charge in [0.15, 0.2) is 17.3 Å². The number of benzene rings is 1. The fraction of sp³-hybridized carbons (Fsp3) is 0.150. The van der Waals surface area contributed by atoms with Gasteiger partial charge in [-0.15, -0.1) is 0 Å². The van der Waals surface area contributed by atoms with Crippen molar-refractivity contribution >= 4 is 22.7 Å². The molecule has 0 aliphatic heterocycles. The summed E-state index contributed by atoms with van der Waals surface area (Å²) < 4.78 is 21.2. The number of aromatic nitrogens is 2. The van der Waals surface area contributed by atoms with Crippen molar-refractivity contribution in [3.63, 3.8) is 0 Å². The van der Waals surface area contributed by atoms with Gasteiger partial charge < -0.3 is 23.7 Å². The molecule has 0 fully saturated rings. The molecular weight excluding hydrogens is 362 g/mol. The van der Waals surface area contributed by atoms with Gasteiger partial charge >= 0.3 is 0 Å². The number of carbonyl (C=O) groups excluding carboxylic acids is 1. The molecule has 4 aromatic rings. The molecule has 8 nitrogen and oxygen atoms in total. The Morgan fingerprint density at radius 3 is 2.64 bits per heavy atom. The summed E-state index contributed by atoms with van der Waals surface area (Å²) in [6.45, 7) is 1.76. The first-order valence-corrected chi connectivity index (χ1v) is 8.45. The second-order valence-corrected chi connectivity index (χ2v) is 6.00. The zero-order chi connectivity index (χ0) is 19.7. The number of ether oxygens (including phenoxy) is 2. The van der Waals surface area contributed by atoms with Gasteiger partial charge in [0, 0.05) is 11.8 Å². The van der Waals surface area contributed by atoms with Gasteiger partial charge in [-0.2, -0.15) is 0 Å². The summed E-state index contributed by atoms with van der Waals surface area (Å²) in [5, 5.41) is 7.35. The normalized spacial score (nSPS) is 10.8. The summed E-state index contributed by atoms with van der Waals surface area (Å²) in [5.41, 5.74) is 2.26. The van der Waals surface area contributed by atoms with Gasteiger partial charge in [0.25, 0.3) is 11.6 Å². The lowest BCUT2D eigenvalue weighted by molar-refractivity contribution is 0.102. The molecule has 4 rings (SSSR count). The van der Waals surface area contributed by atoms with Crippen LogP contribution in [0.3, 0.4) is 0 Å². The maximum absolute atomic E-state index is 13.0. The lowest BCUT2D eigenvalue weighted by Gasteiger charge is -2.11. The molecule has 0 saturated carbocycles. The lowest BCUT2D eigenvalue weighted by atomic mass is 10.1. The molecule has 0 aliphatic carbocycles. The van der Waals surface area contributed by atoms with Crippen LogP contribution in [-0.2, 0) is 0 Å². The number of nitrogens with one attached hydrogen (secondary N) is 1. The molecule has 0 bridgehead atoms. The summed E-state index contributed by atoms with van der Waals surface area (Å²) in [4.78, 5) is 17.4. The Bertz CT molecular complexity index is 1150. The van der Waals surface area contributed by atoms with Crippen molar-refractivity contribution in [2.24, 2.45) is 0 Å². The van der Waals surface area contributed by atoms with Gasteiger partial charge in [-0.3, -0.25) is 4.79 Å². The number of rotatable bonds is 5. The summed E-state index contributed by atoms with van der Waals surface area (Å²) >= 11 is 0. The average Bonchev–Trinajstić information content (AvgIpc) is 3.37. The van der Waals surface area contributed by atoms with E-state index in [2.05, 4.69) is 15.5 Å². The number of pyridine rings is 1. The number of carbonyl (C=O) groups is 1. The fourth-order valence-corrected chi connectivity index (χ4v) is 2.94. The second kappa shape index (κ2) is 7.07. The smallest absolute Gasteiger partial charge is 0.259 e. The van der Waals surface area contributed by atoms with Gasteiger partial charge in [-0.1, -0.05) is 5.16 Å². The molecule has 0 saturated heterocycles. The summed E-state index contributed by atoms with van der Waals surface area (Å²) in [7, 11) is 3.08. The van der Waals surface area contributed by atoms with Crippen LogP contribution in [0.15, 0.2) is 51.6 Å². The number of aryl methyl sites for hydroxylation is 1. The van der Waals surface area contributed by atoms with E-state index in [4.69, 9.17) is 18.4 Å². The Morgan fingerprint density at radius 1 is 1.11 bits per heavy atom. The van der Waals surface area contributed by atoms with Crippen molar-refractivity contribution in [2.45, 2.75) is 6.92 Å². The number of hydrogen-bond acceptors (Lipinski definition) is 7. The zero-order valence-corrected chi connectivity index (χ0v) is 15.5. The van der Waals surface area contributed by atoms with Crippen molar-refractivity contribution in [3.05, 3.63) is 53.9 Å². The number of anilines is 1. The van der Waals surface area contributed by atoms with Crippen molar-refractivity contribution in [2.75, 3.05) is 19.5 Å². The number of fused-ring (bicyclic) bond motifs is 1. The molecule has 0 aliphatic rings. The molecule has 8 heteroatoms. The summed E-state index contributed by atoms with van der Waals surface area (Å²) in [5.74, 6) is 1.27. The van der Waals surface area contributed by atoms with E-state index in [0.29, 0.717) is 45.3 Å². The summed E-state index contributed by atoms with van der Waals surface area (Å²) in [6.07, 6.45) is 1.54. The highest BCUT2D eigenvalue weighted by Crippen LogP contribution is 2.31. The number of furan rings is 1. The first kappa shape index (κ1) is 17.6. The van der Waals surface area contributed by atoms with Crippen LogP contribution in [0.5, 0.6) is 11.5 Å². The zero-order valence-electron chi connectivity index (χ0n) is 15.5. The van der Waals surface area contributed by atoms with Crippen LogP contribution in [0, 0.1) is 6.92 Å². The van der Waals surface area contributed by atoms with E-state index in [9.17, 15) is 4.79 Å². The molecule has 1 amide bonds. The van der Waals surface area contributed by atoms with Gasteiger partial charge in [0.05, 0.1) is 37.1 Å². The van der Waals surface area contributed by atoms with Gasteiger partial charge in [0.2, 0.25) is 0 Å². The van der Waals surface area contributed by atoms with Crippen LogP contribution in [0.4, 0.5) is 5.69 Å². The summed E-state index contributed by atoms with van der Waals surface area (Å²) in [6, 6.07) is 10.3. The standard InChI is InChI=1S/C20H17N3O5/c1-11-18-13(10-14(15-5-4-8-27-15)22-20(18)28-23-11)19(24)21-12-6-7-16(25-2)17(9-12)26-3/h4-10H,1-3H3,(H,21,24). The fourth-order valence-electron chi connectivity index (χ4n) is 2.94. The average molecular weight is 379 g/mol. The molecule has 0 radical (unpaired) electrons. The topological polar surface area (TPSA) is 99.6 Å². The van der Waals surface area contributed by atoms with E-state index in [1.807, 2.05) is 0 Å². The molecule has 3 aromatic heterocycles. The molecule has 28 heavy (non-hydrogen) atoms. The van der Waals surface area contributed by atoms with Gasteiger partial charge in [-0.05, 0) is 37.3 Å². The highest BCUT2D eigenvalue weighted by molar-refractivity contribution is 6.13. The number of methoxy groups -OCH3 is 2. The molecule has 1 N–H and O–H groups in total. The lowest BCUT2D eigenvalue weighted by Crippen LogP contribution is -2.13. The van der Waals surface area contributed by atoms with E-state index in [1.54, 1.807) is 50.4 Å². The Morgan fingerprint density at radius 2 is 1.93 bits per heavy atom. The highest BCUT2D eigenvalue weighted by atomic mass is 16.5. The van der Waals surface area contributed by atoms with Crippen molar-refractivity contribution < 1.29 is 23.2 Å². The molecule has 0 atom stereocenters. The Kier molecular flexibility index (Phi) is 4.44. The van der Waals surface area contributed by atoms with E-state index in [1.165, 1.54) is 13.4 Å². The van der Waals surface area contributed by atoms with E-state index in [0.717, 1.165) is 0 Å². The Balaban J connectivity index is 1.75. The first-order valence-electron chi connectivity index (χ1n) is 8.45. The van der Waals surface area contributed by atoms with Crippen LogP contribution in [-0.4, -0.2) is 30.3 Å². The minimum atomic E-state index is -0.335. The van der Waals surface area contributed by atoms with Gasteiger partial charge in [-0.25, -0.2) is 4.98 Å². The monoisotopic (exact) mass is 379 g/mol. The number of nitrogens with zero attached hydrogens (tertiary/aromatic N) is 2. The van der Waals surface area contributed by atoms with Crippen LogP contribution >= 0.6 is 0 Å². The molecule has 1 aromatic carbocycles. The third kappa shape index (κ3) is 3.05. The largest absolute Gasteiger partial charge is 0.493 e. The van der Waals surface area contributed by atoms with E-state index in [-0.39, 0.29) is 11.6 Å². The maximum Gasteiger partial charge on any atom is 0.259 e. The van der Waals surface area contributed by atoms with Crippen LogP contribution in [0.1, 0.15) is 16.1 Å². The molecule has 3 heterocycles. The van der Waals surface area contributed by atoms with Crippen LogP contribution in [0.2, 0.25) is 0 Å². The minimum absolute atomic E-state index is 0.267. The van der Waals surface area contributed by atoms with Crippen LogP contribution < -0.4 is 14.8 Å². The van der Waals surface area contributed by atoms with Crippen molar-refractivity contribution in [3.8, 4) is 23.0 Å². The van der Waals surface area contributed by atoms with Crippen molar-refractivity contribution in [1.82, 2.24) is 10.1 Å². The maximum atomic E-state index is 13.0. The predicted molar refractivity (Wildman–Crippen MR) is 102 cm³/mol. The number of amides is 1. The molecule has 142 valence electrons. The SMILES string of the molecule is COc1ccc(NC(=O)c2cc(-c3ccco3)nc3onc(C)c23)cc1OC. The molecular formula is C20H17N3O5. The van der Waals surface area contributed by atoms with E-state index >= 15 is 0 Å². The molecule has 0 unspecified atom stereocenters. The minimum Gasteiger partial charge on any atom is -0.493 e. The third-order valence-corrected chi connectivity index (χ3v) is 4.28. The van der Waals surface area contributed by atoms with Crippen molar-refractivity contribution in [1.29, 1.82) is 0 Å². The molecule has 0 spiro atoms. The Labute approximate surface area is 160 Å². The highest BCUT2D eigenvalue weighted by Gasteiger charge is 2.20. The number of hydrogen-bond donors (Lipinski definition) is 1. The Hall–Kier alpha value is -3.81. The first-order chi connectivity index (χ1) is 13.6. The van der Waals surface area contributed by atoms with Gasteiger partial charge in [0.1, 0.15) is 5.69 Å². The second-order valence-electron chi connectivity index (χ2n) is 6.00. The third-order valence-electron chi connectivity index (χ3n) is 4.28.